The van der Waals surface area contributed by atoms with E-state index in [0.717, 1.165) is 16.9 Å². The number of hydrogen-bond donors (Lipinski definition) is 3. The molecular formula is C21H21N5O4S. The van der Waals surface area contributed by atoms with Crippen molar-refractivity contribution in [3.05, 3.63) is 64.2 Å². The van der Waals surface area contributed by atoms with Gasteiger partial charge < -0.3 is 9.84 Å². The fourth-order valence-electron chi connectivity index (χ4n) is 2.58. The Morgan fingerprint density at radius 1 is 1.23 bits per heavy atom. The Morgan fingerprint density at radius 3 is 2.81 bits per heavy atom. The molecule has 0 unspecified atom stereocenters. The second kappa shape index (κ2) is 10.3. The molecule has 0 saturated heterocycles. The number of nitrogens with one attached hydrogen (secondary N) is 2. The number of carbonyl (C=O) groups excluding carboxylic acids is 2. The SMILES string of the molecule is CCOc1ccc(C=NNC(=O)Cc2nnc(NC(=O)c3cccc(C)c3)s2)cc1O. The van der Waals surface area contributed by atoms with Gasteiger partial charge in [0.2, 0.25) is 11.0 Å². The molecule has 1 heterocycles. The van der Waals surface area contributed by atoms with Crippen LogP contribution in [0.15, 0.2) is 47.6 Å². The van der Waals surface area contributed by atoms with Gasteiger partial charge in [-0.2, -0.15) is 5.10 Å². The van der Waals surface area contributed by atoms with Crippen LogP contribution in [-0.2, 0) is 11.2 Å². The lowest BCUT2D eigenvalue weighted by Gasteiger charge is -2.05. The third-order valence-corrected chi connectivity index (χ3v) is 4.80. The number of phenolic OH excluding ortho intramolecular Hbond substituents is 1. The van der Waals surface area contributed by atoms with Crippen LogP contribution in [-0.4, -0.2) is 39.9 Å². The second-order valence-electron chi connectivity index (χ2n) is 6.45. The zero-order valence-corrected chi connectivity index (χ0v) is 17.8. The van der Waals surface area contributed by atoms with Crippen molar-refractivity contribution < 1.29 is 19.4 Å². The number of aromatic hydroxyl groups is 1. The highest BCUT2D eigenvalue weighted by molar-refractivity contribution is 7.15. The summed E-state index contributed by atoms with van der Waals surface area (Å²) in [6.07, 6.45) is 1.37. The maximum Gasteiger partial charge on any atom is 0.257 e. The number of aromatic nitrogens is 2. The number of aryl methyl sites for hydroxylation is 1. The third kappa shape index (κ3) is 6.34. The first-order valence-electron chi connectivity index (χ1n) is 9.42. The molecule has 2 aromatic carbocycles. The van der Waals surface area contributed by atoms with E-state index < -0.39 is 0 Å². The number of benzene rings is 2. The minimum absolute atomic E-state index is 0.00812. The van der Waals surface area contributed by atoms with E-state index in [1.54, 1.807) is 30.3 Å². The van der Waals surface area contributed by atoms with Crippen LogP contribution in [0.25, 0.3) is 0 Å². The average Bonchev–Trinajstić information content (AvgIpc) is 3.16. The number of amides is 2. The summed E-state index contributed by atoms with van der Waals surface area (Å²) >= 11 is 1.11. The summed E-state index contributed by atoms with van der Waals surface area (Å²) in [6.45, 7) is 4.17. The maximum absolute atomic E-state index is 12.3. The van der Waals surface area contributed by atoms with Crippen molar-refractivity contribution in [1.29, 1.82) is 0 Å². The van der Waals surface area contributed by atoms with Gasteiger partial charge in [0.25, 0.3) is 5.91 Å². The molecule has 9 nitrogen and oxygen atoms in total. The Balaban J connectivity index is 1.51. The van der Waals surface area contributed by atoms with Gasteiger partial charge in [-0.05, 0) is 49.7 Å². The van der Waals surface area contributed by atoms with Gasteiger partial charge in [0.05, 0.1) is 19.2 Å². The number of phenols is 1. The molecule has 1 aromatic heterocycles. The summed E-state index contributed by atoms with van der Waals surface area (Å²) in [6, 6.07) is 12.0. The van der Waals surface area contributed by atoms with E-state index in [1.807, 2.05) is 19.9 Å². The second-order valence-corrected chi connectivity index (χ2v) is 7.52. The molecule has 0 aliphatic heterocycles. The lowest BCUT2D eigenvalue weighted by molar-refractivity contribution is -0.120. The smallest absolute Gasteiger partial charge is 0.257 e. The van der Waals surface area contributed by atoms with Gasteiger partial charge in [-0.25, -0.2) is 5.43 Å². The molecule has 3 aromatic rings. The first-order valence-corrected chi connectivity index (χ1v) is 10.2. The van der Waals surface area contributed by atoms with Crippen LogP contribution in [0, 0.1) is 6.92 Å². The molecule has 0 bridgehead atoms. The molecule has 0 saturated carbocycles. The lowest BCUT2D eigenvalue weighted by Crippen LogP contribution is -2.19. The number of anilines is 1. The summed E-state index contributed by atoms with van der Waals surface area (Å²) in [4.78, 5) is 24.3. The molecule has 160 valence electrons. The maximum atomic E-state index is 12.3. The number of nitrogens with zero attached hydrogens (tertiary/aromatic N) is 3. The van der Waals surface area contributed by atoms with Crippen molar-refractivity contribution in [1.82, 2.24) is 15.6 Å². The topological polar surface area (TPSA) is 126 Å². The molecular weight excluding hydrogens is 418 g/mol. The van der Waals surface area contributed by atoms with Gasteiger partial charge in [-0.1, -0.05) is 29.0 Å². The minimum Gasteiger partial charge on any atom is -0.504 e. The molecule has 10 heteroatoms. The van der Waals surface area contributed by atoms with Crippen molar-refractivity contribution in [3.63, 3.8) is 0 Å². The molecule has 0 spiro atoms. The molecule has 0 aliphatic rings. The predicted octanol–water partition coefficient (Wildman–Crippen LogP) is 2.90. The van der Waals surface area contributed by atoms with Crippen LogP contribution in [0.3, 0.4) is 0 Å². The van der Waals surface area contributed by atoms with Crippen LogP contribution in [0.1, 0.15) is 33.4 Å². The highest BCUT2D eigenvalue weighted by Gasteiger charge is 2.12. The normalized spacial score (nSPS) is 10.8. The van der Waals surface area contributed by atoms with Gasteiger partial charge in [0.1, 0.15) is 5.01 Å². The first kappa shape index (κ1) is 21.9. The van der Waals surface area contributed by atoms with Gasteiger partial charge in [-0.3, -0.25) is 14.9 Å². The summed E-state index contributed by atoms with van der Waals surface area (Å²) in [5, 5.41) is 25.0. The number of rotatable bonds is 8. The highest BCUT2D eigenvalue weighted by atomic mass is 32.1. The Hall–Kier alpha value is -3.79. The number of carbonyl (C=O) groups is 2. The van der Waals surface area contributed by atoms with E-state index in [4.69, 9.17) is 4.74 Å². The molecule has 0 fully saturated rings. The van der Waals surface area contributed by atoms with Crippen molar-refractivity contribution >= 4 is 34.5 Å². The number of hydrogen-bond acceptors (Lipinski definition) is 8. The van der Waals surface area contributed by atoms with Gasteiger partial charge in [0, 0.05) is 5.56 Å². The van der Waals surface area contributed by atoms with Crippen LogP contribution in [0.4, 0.5) is 5.13 Å². The van der Waals surface area contributed by atoms with E-state index in [2.05, 4.69) is 26.0 Å². The van der Waals surface area contributed by atoms with Crippen LogP contribution in [0.2, 0.25) is 0 Å². The zero-order chi connectivity index (χ0) is 22.2. The Bertz CT molecular complexity index is 1110. The zero-order valence-electron chi connectivity index (χ0n) is 17.0. The van der Waals surface area contributed by atoms with Gasteiger partial charge in [0.15, 0.2) is 11.5 Å². The van der Waals surface area contributed by atoms with E-state index in [0.29, 0.717) is 33.6 Å². The fourth-order valence-corrected chi connectivity index (χ4v) is 3.31. The molecule has 0 atom stereocenters. The van der Waals surface area contributed by atoms with Crippen LogP contribution >= 0.6 is 11.3 Å². The Labute approximate surface area is 182 Å². The van der Waals surface area contributed by atoms with E-state index >= 15 is 0 Å². The quantitative estimate of drug-likeness (QED) is 0.366. The number of ether oxygens (including phenoxy) is 1. The highest BCUT2D eigenvalue weighted by Crippen LogP contribution is 2.26. The van der Waals surface area contributed by atoms with Crippen molar-refractivity contribution in [2.45, 2.75) is 20.3 Å². The molecule has 31 heavy (non-hydrogen) atoms. The first-order chi connectivity index (χ1) is 14.9. The average molecular weight is 439 g/mol. The fraction of sp³-hybridized carbons (Fsp3) is 0.190. The van der Waals surface area contributed by atoms with E-state index in [1.165, 1.54) is 12.3 Å². The summed E-state index contributed by atoms with van der Waals surface area (Å²) in [7, 11) is 0. The van der Waals surface area contributed by atoms with Gasteiger partial charge in [-0.15, -0.1) is 10.2 Å². The van der Waals surface area contributed by atoms with E-state index in [9.17, 15) is 14.7 Å². The minimum atomic E-state index is -0.390. The molecule has 0 radical (unpaired) electrons. The molecule has 2 amide bonds. The largest absolute Gasteiger partial charge is 0.504 e. The third-order valence-electron chi connectivity index (χ3n) is 3.97. The molecule has 0 aliphatic carbocycles. The lowest BCUT2D eigenvalue weighted by atomic mass is 10.1. The summed E-state index contributed by atoms with van der Waals surface area (Å²) in [5.41, 5.74) is 4.48. The standard InChI is InChI=1S/C21H21N5O4S/c1-3-30-17-8-7-14(10-16(17)27)12-22-24-18(28)11-19-25-26-21(31-19)23-20(29)15-6-4-5-13(2)9-15/h4-10,12,27H,3,11H2,1-2H3,(H,24,28)(H,23,26,29). The van der Waals surface area contributed by atoms with Crippen molar-refractivity contribution in [3.8, 4) is 11.5 Å². The van der Waals surface area contributed by atoms with Crippen LogP contribution in [0.5, 0.6) is 11.5 Å². The summed E-state index contributed by atoms with van der Waals surface area (Å²) in [5.74, 6) is -0.311. The predicted molar refractivity (Wildman–Crippen MR) is 118 cm³/mol. The van der Waals surface area contributed by atoms with Gasteiger partial charge >= 0.3 is 0 Å². The number of hydrazone groups is 1. The Morgan fingerprint density at radius 2 is 2.06 bits per heavy atom. The van der Waals surface area contributed by atoms with Crippen LogP contribution < -0.4 is 15.5 Å². The van der Waals surface area contributed by atoms with E-state index in [-0.39, 0.29) is 24.0 Å². The molecule has 3 N–H and O–H groups in total. The Kier molecular flexibility index (Phi) is 7.28. The summed E-state index contributed by atoms with van der Waals surface area (Å²) < 4.78 is 5.25. The van der Waals surface area contributed by atoms with Crippen molar-refractivity contribution in [2.75, 3.05) is 11.9 Å². The monoisotopic (exact) mass is 439 g/mol. The van der Waals surface area contributed by atoms with Crippen molar-refractivity contribution in [2.24, 2.45) is 5.10 Å². The molecule has 3 rings (SSSR count).